The molecule has 0 nitrogen and oxygen atoms in total. The van der Waals surface area contributed by atoms with Gasteiger partial charge in [-0.15, -0.1) is 0 Å². The second-order valence-corrected chi connectivity index (χ2v) is 7.20. The first-order chi connectivity index (χ1) is 7.77. The van der Waals surface area contributed by atoms with E-state index in [1.807, 2.05) is 0 Å². The molecule has 0 aromatic heterocycles. The molecule has 0 fully saturated rings. The molecule has 0 atom stereocenters. The summed E-state index contributed by atoms with van der Waals surface area (Å²) in [6.45, 7) is 4.76. The van der Waals surface area contributed by atoms with Gasteiger partial charge in [-0.1, -0.05) is 60.7 Å². The fourth-order valence-electron chi connectivity index (χ4n) is 2.63. The molecule has 2 aromatic carbocycles. The monoisotopic (exact) mass is 223 g/mol. The van der Waals surface area contributed by atoms with Gasteiger partial charge in [0.05, 0.1) is 8.80 Å². The third kappa shape index (κ3) is 1.35. The van der Waals surface area contributed by atoms with Gasteiger partial charge in [0, 0.05) is 0 Å². The Hall–Kier alpha value is -1.34. The van der Waals surface area contributed by atoms with Gasteiger partial charge in [0.25, 0.3) is 0 Å². The molecule has 0 amide bonds. The number of fused-ring (bicyclic) bond motifs is 3. The van der Waals surface area contributed by atoms with Gasteiger partial charge in [-0.2, -0.15) is 0 Å². The average Bonchev–Trinajstić information content (AvgIpc) is 2.67. The van der Waals surface area contributed by atoms with E-state index in [4.69, 9.17) is 0 Å². The minimum Gasteiger partial charge on any atom is -0.0671 e. The van der Waals surface area contributed by atoms with Crippen LogP contribution in [0.4, 0.5) is 0 Å². The van der Waals surface area contributed by atoms with Gasteiger partial charge in [-0.3, -0.25) is 0 Å². The molecule has 1 aliphatic carbocycles. The first-order valence-corrected chi connectivity index (χ1v) is 8.28. The molecule has 1 radical (unpaired) electrons. The second-order valence-electron chi connectivity index (χ2n) is 4.67. The van der Waals surface area contributed by atoms with Crippen LogP contribution in [-0.4, -0.2) is 8.80 Å². The summed E-state index contributed by atoms with van der Waals surface area (Å²) in [4.78, 5) is 0. The molecule has 0 spiro atoms. The van der Waals surface area contributed by atoms with Gasteiger partial charge in [0.15, 0.2) is 0 Å². The Balaban J connectivity index is 2.24. The van der Waals surface area contributed by atoms with Crippen molar-refractivity contribution in [1.82, 2.24) is 0 Å². The zero-order valence-corrected chi connectivity index (χ0v) is 10.7. The Kier molecular flexibility index (Phi) is 2.22. The predicted molar refractivity (Wildman–Crippen MR) is 71.8 cm³/mol. The molecule has 0 saturated carbocycles. The van der Waals surface area contributed by atoms with Crippen molar-refractivity contribution in [3.05, 3.63) is 53.6 Å². The topological polar surface area (TPSA) is 0 Å². The lowest BCUT2D eigenvalue weighted by atomic mass is 10.1. The molecule has 0 aliphatic heterocycles. The van der Waals surface area contributed by atoms with Crippen LogP contribution in [0.15, 0.2) is 42.5 Å². The molecule has 16 heavy (non-hydrogen) atoms. The maximum Gasteiger partial charge on any atom is 0.0795 e. The molecule has 0 heterocycles. The Morgan fingerprint density at radius 2 is 1.62 bits per heavy atom. The summed E-state index contributed by atoms with van der Waals surface area (Å²) in [5, 5.41) is 1.61. The van der Waals surface area contributed by atoms with Crippen LogP contribution in [0.25, 0.3) is 11.1 Å². The smallest absolute Gasteiger partial charge is 0.0671 e. The zero-order chi connectivity index (χ0) is 11.1. The lowest BCUT2D eigenvalue weighted by Gasteiger charge is -2.10. The third-order valence-electron chi connectivity index (χ3n) is 3.39. The molecular formula is C15H15Si. The Labute approximate surface area is 98.6 Å². The van der Waals surface area contributed by atoms with Crippen molar-refractivity contribution in [3.8, 4) is 11.1 Å². The number of rotatable bonds is 1. The molecule has 0 saturated heterocycles. The summed E-state index contributed by atoms with van der Waals surface area (Å²) in [5.41, 5.74) is 6.00. The van der Waals surface area contributed by atoms with Crippen molar-refractivity contribution in [3.63, 3.8) is 0 Å². The molecule has 3 rings (SSSR count). The highest BCUT2D eigenvalue weighted by Crippen LogP contribution is 2.35. The highest BCUT2D eigenvalue weighted by atomic mass is 28.3. The summed E-state index contributed by atoms with van der Waals surface area (Å²) in [6.07, 6.45) is 1.14. The fourth-order valence-corrected chi connectivity index (χ4v) is 3.88. The highest BCUT2D eigenvalue weighted by molar-refractivity contribution is 6.71. The third-order valence-corrected chi connectivity index (χ3v) is 4.94. The van der Waals surface area contributed by atoms with E-state index in [-0.39, 0.29) is 8.80 Å². The van der Waals surface area contributed by atoms with Gasteiger partial charge >= 0.3 is 0 Å². The lowest BCUT2D eigenvalue weighted by molar-refractivity contribution is 1.28. The number of hydrogen-bond acceptors (Lipinski definition) is 0. The lowest BCUT2D eigenvalue weighted by Crippen LogP contribution is -2.26. The second kappa shape index (κ2) is 3.60. The van der Waals surface area contributed by atoms with E-state index >= 15 is 0 Å². The van der Waals surface area contributed by atoms with Crippen molar-refractivity contribution in [1.29, 1.82) is 0 Å². The first kappa shape index (κ1) is 9.85. The van der Waals surface area contributed by atoms with E-state index in [1.54, 1.807) is 10.8 Å². The molecule has 0 N–H and O–H groups in total. The van der Waals surface area contributed by atoms with Crippen LogP contribution in [0.2, 0.25) is 13.1 Å². The Bertz CT molecular complexity index is 541. The van der Waals surface area contributed by atoms with Crippen LogP contribution in [0.3, 0.4) is 0 Å². The van der Waals surface area contributed by atoms with Gasteiger partial charge in [-0.25, -0.2) is 0 Å². The van der Waals surface area contributed by atoms with Crippen LogP contribution in [0, 0.1) is 0 Å². The van der Waals surface area contributed by atoms with Crippen molar-refractivity contribution < 1.29 is 0 Å². The quantitative estimate of drug-likeness (QED) is 0.556. The molecule has 1 heteroatoms. The maximum absolute atomic E-state index is 2.38. The Morgan fingerprint density at radius 1 is 0.875 bits per heavy atom. The molecule has 0 bridgehead atoms. The minimum atomic E-state index is -0.353. The predicted octanol–water partition coefficient (Wildman–Crippen LogP) is 3.22. The number of hydrogen-bond donors (Lipinski definition) is 0. The van der Waals surface area contributed by atoms with Crippen LogP contribution >= 0.6 is 0 Å². The fraction of sp³-hybridized carbons (Fsp3) is 0.200. The van der Waals surface area contributed by atoms with E-state index in [9.17, 15) is 0 Å². The molecular weight excluding hydrogens is 208 g/mol. The summed E-state index contributed by atoms with van der Waals surface area (Å²) < 4.78 is 0. The van der Waals surface area contributed by atoms with Crippen LogP contribution in [-0.2, 0) is 6.42 Å². The molecule has 1 aliphatic rings. The van der Waals surface area contributed by atoms with Gasteiger partial charge < -0.3 is 0 Å². The Morgan fingerprint density at radius 3 is 2.44 bits per heavy atom. The highest BCUT2D eigenvalue weighted by Gasteiger charge is 2.21. The summed E-state index contributed by atoms with van der Waals surface area (Å²) in [5.74, 6) is 0. The van der Waals surface area contributed by atoms with E-state index < -0.39 is 0 Å². The van der Waals surface area contributed by atoms with Gasteiger partial charge in [0.1, 0.15) is 0 Å². The van der Waals surface area contributed by atoms with Crippen LogP contribution in [0.1, 0.15) is 11.1 Å². The summed E-state index contributed by atoms with van der Waals surface area (Å²) in [7, 11) is -0.353. The largest absolute Gasteiger partial charge is 0.0795 e. The van der Waals surface area contributed by atoms with Crippen LogP contribution < -0.4 is 5.19 Å². The first-order valence-electron chi connectivity index (χ1n) is 5.78. The molecule has 0 unspecified atom stereocenters. The van der Waals surface area contributed by atoms with Crippen LogP contribution in [0.5, 0.6) is 0 Å². The summed E-state index contributed by atoms with van der Waals surface area (Å²) in [6, 6.07) is 15.6. The SMILES string of the molecule is C[Si](C)c1cccc2c1Cc1ccccc1-2. The van der Waals surface area contributed by atoms with E-state index in [0.29, 0.717) is 0 Å². The van der Waals surface area contributed by atoms with Crippen molar-refractivity contribution in [2.75, 3.05) is 0 Å². The van der Waals surface area contributed by atoms with E-state index in [0.717, 1.165) is 6.42 Å². The van der Waals surface area contributed by atoms with E-state index in [2.05, 4.69) is 55.6 Å². The zero-order valence-electron chi connectivity index (χ0n) is 9.75. The standard InChI is InChI=1S/C15H15Si/c1-16(2)15-9-5-8-13-12-7-4-3-6-11(12)10-14(13)15/h3-9H,10H2,1-2H3. The average molecular weight is 223 g/mol. The van der Waals surface area contributed by atoms with Gasteiger partial charge in [-0.05, 0) is 28.7 Å². The van der Waals surface area contributed by atoms with Gasteiger partial charge in [0.2, 0.25) is 0 Å². The van der Waals surface area contributed by atoms with Crippen molar-refractivity contribution >= 4 is 14.0 Å². The minimum absolute atomic E-state index is 0.353. The summed E-state index contributed by atoms with van der Waals surface area (Å²) >= 11 is 0. The van der Waals surface area contributed by atoms with Crippen molar-refractivity contribution in [2.24, 2.45) is 0 Å². The van der Waals surface area contributed by atoms with E-state index in [1.165, 1.54) is 16.7 Å². The molecule has 2 aromatic rings. The normalized spacial score (nSPS) is 12.7. The number of benzene rings is 2. The molecule has 79 valence electrons. The maximum atomic E-state index is 2.38. The van der Waals surface area contributed by atoms with Crippen molar-refractivity contribution in [2.45, 2.75) is 19.5 Å².